The Morgan fingerprint density at radius 2 is 2.10 bits per heavy atom. The molecular formula is C14H17NO5. The number of carbonyl (C=O) groups excluding carboxylic acids is 2. The number of hydrogen-bond acceptors (Lipinski definition) is 5. The third-order valence-corrected chi connectivity index (χ3v) is 2.73. The van der Waals surface area contributed by atoms with E-state index in [2.05, 4.69) is 5.32 Å². The lowest BCUT2D eigenvalue weighted by molar-refractivity contribution is -0.143. The Balaban J connectivity index is 1.78. The van der Waals surface area contributed by atoms with Gasteiger partial charge < -0.3 is 19.5 Å². The fourth-order valence-corrected chi connectivity index (χ4v) is 1.78. The Hall–Kier alpha value is -2.24. The minimum atomic E-state index is -0.702. The Morgan fingerprint density at radius 3 is 2.85 bits per heavy atom. The van der Waals surface area contributed by atoms with Crippen LogP contribution in [0.2, 0.25) is 0 Å². The van der Waals surface area contributed by atoms with Crippen LogP contribution in [0.1, 0.15) is 13.3 Å². The summed E-state index contributed by atoms with van der Waals surface area (Å²) in [6.07, 6.45) is -0.559. The molecule has 1 amide bonds. The summed E-state index contributed by atoms with van der Waals surface area (Å²) in [5.74, 6) is 0.537. The average Bonchev–Trinajstić information content (AvgIpc) is 2.47. The number of benzene rings is 1. The van der Waals surface area contributed by atoms with Crippen LogP contribution in [0.5, 0.6) is 11.5 Å². The van der Waals surface area contributed by atoms with Gasteiger partial charge in [0.25, 0.3) is 5.91 Å². The average molecular weight is 279 g/mol. The van der Waals surface area contributed by atoms with E-state index < -0.39 is 6.10 Å². The largest absolute Gasteiger partial charge is 0.485 e. The summed E-state index contributed by atoms with van der Waals surface area (Å²) in [6, 6.07) is 7.17. The lowest BCUT2D eigenvalue weighted by Crippen LogP contribution is -2.44. The molecule has 0 saturated heterocycles. The molecule has 0 aliphatic carbocycles. The molecular weight excluding hydrogens is 262 g/mol. The third-order valence-electron chi connectivity index (χ3n) is 2.73. The van der Waals surface area contributed by atoms with Gasteiger partial charge >= 0.3 is 5.97 Å². The van der Waals surface area contributed by atoms with Crippen LogP contribution in [0.3, 0.4) is 0 Å². The summed E-state index contributed by atoms with van der Waals surface area (Å²) in [4.78, 5) is 23.0. The summed E-state index contributed by atoms with van der Waals surface area (Å²) < 4.78 is 15.8. The highest BCUT2D eigenvalue weighted by Gasteiger charge is 2.26. The molecule has 0 bridgehead atoms. The van der Waals surface area contributed by atoms with E-state index in [4.69, 9.17) is 14.2 Å². The molecule has 1 aromatic rings. The van der Waals surface area contributed by atoms with Gasteiger partial charge in [0.15, 0.2) is 11.5 Å². The van der Waals surface area contributed by atoms with E-state index in [0.717, 1.165) is 0 Å². The normalized spacial score (nSPS) is 16.4. The van der Waals surface area contributed by atoms with Crippen molar-refractivity contribution in [1.82, 2.24) is 5.32 Å². The summed E-state index contributed by atoms with van der Waals surface area (Å²) in [5.41, 5.74) is 0. The number of ether oxygens (including phenoxy) is 3. The van der Waals surface area contributed by atoms with Crippen molar-refractivity contribution in [2.45, 2.75) is 19.4 Å². The second kappa shape index (κ2) is 6.79. The van der Waals surface area contributed by atoms with Crippen molar-refractivity contribution in [2.75, 3.05) is 19.8 Å². The van der Waals surface area contributed by atoms with Crippen LogP contribution < -0.4 is 14.8 Å². The van der Waals surface area contributed by atoms with Gasteiger partial charge in [-0.1, -0.05) is 12.1 Å². The van der Waals surface area contributed by atoms with E-state index in [1.165, 1.54) is 0 Å². The van der Waals surface area contributed by atoms with Crippen molar-refractivity contribution in [3.05, 3.63) is 24.3 Å². The molecule has 1 aliphatic heterocycles. The van der Waals surface area contributed by atoms with E-state index in [1.54, 1.807) is 19.1 Å². The molecule has 1 aromatic carbocycles. The van der Waals surface area contributed by atoms with Gasteiger partial charge in [-0.15, -0.1) is 0 Å². The SMILES string of the molecule is CCOC(=O)CCNC(=O)C1COc2ccccc2O1. The number of rotatable bonds is 5. The molecule has 108 valence electrons. The first-order chi connectivity index (χ1) is 9.70. The monoisotopic (exact) mass is 279 g/mol. The Kier molecular flexibility index (Phi) is 4.81. The first-order valence-corrected chi connectivity index (χ1v) is 6.52. The lowest BCUT2D eigenvalue weighted by Gasteiger charge is -2.25. The molecule has 0 aromatic heterocycles. The second-order valence-electron chi connectivity index (χ2n) is 4.21. The number of esters is 1. The molecule has 2 rings (SSSR count). The number of carbonyl (C=O) groups is 2. The van der Waals surface area contributed by atoms with E-state index in [0.29, 0.717) is 18.1 Å². The molecule has 1 aliphatic rings. The van der Waals surface area contributed by atoms with Crippen LogP contribution in [0.4, 0.5) is 0 Å². The second-order valence-corrected chi connectivity index (χ2v) is 4.21. The van der Waals surface area contributed by atoms with Crippen LogP contribution in [0.25, 0.3) is 0 Å². The highest BCUT2D eigenvalue weighted by atomic mass is 16.6. The topological polar surface area (TPSA) is 73.9 Å². The van der Waals surface area contributed by atoms with Gasteiger partial charge in [-0.05, 0) is 19.1 Å². The van der Waals surface area contributed by atoms with Crippen molar-refractivity contribution in [1.29, 1.82) is 0 Å². The minimum Gasteiger partial charge on any atom is -0.485 e. The number of para-hydroxylation sites is 2. The lowest BCUT2D eigenvalue weighted by atomic mass is 10.2. The van der Waals surface area contributed by atoms with Crippen molar-refractivity contribution < 1.29 is 23.8 Å². The molecule has 0 saturated carbocycles. The summed E-state index contributed by atoms with van der Waals surface area (Å²) >= 11 is 0. The van der Waals surface area contributed by atoms with E-state index in [-0.39, 0.29) is 31.4 Å². The zero-order chi connectivity index (χ0) is 14.4. The van der Waals surface area contributed by atoms with Gasteiger partial charge in [0.05, 0.1) is 13.0 Å². The predicted molar refractivity (Wildman–Crippen MR) is 70.6 cm³/mol. The zero-order valence-corrected chi connectivity index (χ0v) is 11.3. The summed E-state index contributed by atoms with van der Waals surface area (Å²) in [7, 11) is 0. The van der Waals surface area contributed by atoms with Crippen molar-refractivity contribution in [3.8, 4) is 11.5 Å². The highest BCUT2D eigenvalue weighted by molar-refractivity contribution is 5.82. The molecule has 1 atom stereocenters. The molecule has 1 unspecified atom stereocenters. The maximum Gasteiger partial charge on any atom is 0.307 e. The first kappa shape index (κ1) is 14.2. The Bertz CT molecular complexity index is 488. The smallest absolute Gasteiger partial charge is 0.307 e. The van der Waals surface area contributed by atoms with Gasteiger partial charge in [0.2, 0.25) is 6.10 Å². The van der Waals surface area contributed by atoms with E-state index in [1.807, 2.05) is 12.1 Å². The zero-order valence-electron chi connectivity index (χ0n) is 11.3. The molecule has 0 spiro atoms. The maximum absolute atomic E-state index is 11.9. The molecule has 0 radical (unpaired) electrons. The van der Waals surface area contributed by atoms with Gasteiger partial charge in [0, 0.05) is 6.54 Å². The Labute approximate surface area is 117 Å². The standard InChI is InChI=1S/C14H17NO5/c1-2-18-13(16)7-8-15-14(17)12-9-19-10-5-3-4-6-11(10)20-12/h3-6,12H,2,7-9H2,1H3,(H,15,17). The van der Waals surface area contributed by atoms with Crippen LogP contribution in [-0.4, -0.2) is 37.7 Å². The van der Waals surface area contributed by atoms with Crippen molar-refractivity contribution >= 4 is 11.9 Å². The van der Waals surface area contributed by atoms with E-state index in [9.17, 15) is 9.59 Å². The molecule has 0 fully saturated rings. The van der Waals surface area contributed by atoms with Crippen molar-refractivity contribution in [2.24, 2.45) is 0 Å². The fourth-order valence-electron chi connectivity index (χ4n) is 1.78. The van der Waals surface area contributed by atoms with E-state index >= 15 is 0 Å². The fraction of sp³-hybridized carbons (Fsp3) is 0.429. The van der Waals surface area contributed by atoms with Gasteiger partial charge in [-0.2, -0.15) is 0 Å². The Morgan fingerprint density at radius 1 is 1.35 bits per heavy atom. The molecule has 20 heavy (non-hydrogen) atoms. The number of hydrogen-bond donors (Lipinski definition) is 1. The van der Waals surface area contributed by atoms with Crippen LogP contribution >= 0.6 is 0 Å². The quantitative estimate of drug-likeness (QED) is 0.810. The first-order valence-electron chi connectivity index (χ1n) is 6.52. The van der Waals surface area contributed by atoms with Gasteiger partial charge in [-0.25, -0.2) is 0 Å². The van der Waals surface area contributed by atoms with Crippen molar-refractivity contribution in [3.63, 3.8) is 0 Å². The number of fused-ring (bicyclic) bond motifs is 1. The number of amides is 1. The van der Waals surface area contributed by atoms with Gasteiger partial charge in [0.1, 0.15) is 6.61 Å². The predicted octanol–water partition coefficient (Wildman–Crippen LogP) is 0.896. The molecule has 6 heteroatoms. The number of nitrogens with one attached hydrogen (secondary N) is 1. The third kappa shape index (κ3) is 3.63. The van der Waals surface area contributed by atoms with Gasteiger partial charge in [-0.3, -0.25) is 9.59 Å². The highest BCUT2D eigenvalue weighted by Crippen LogP contribution is 2.30. The van der Waals surface area contributed by atoms with Crippen LogP contribution in [0.15, 0.2) is 24.3 Å². The molecule has 6 nitrogen and oxygen atoms in total. The summed E-state index contributed by atoms with van der Waals surface area (Å²) in [5, 5.41) is 2.63. The molecule has 1 N–H and O–H groups in total. The minimum absolute atomic E-state index is 0.143. The summed E-state index contributed by atoms with van der Waals surface area (Å²) in [6.45, 7) is 2.45. The van der Waals surface area contributed by atoms with Crippen LogP contribution in [0, 0.1) is 0 Å². The molecule has 1 heterocycles. The van der Waals surface area contributed by atoms with Crippen LogP contribution in [-0.2, 0) is 14.3 Å². The maximum atomic E-state index is 11.9.